The molecule has 0 fully saturated rings. The van der Waals surface area contributed by atoms with Crippen LogP contribution in [-0.2, 0) is 9.53 Å². The van der Waals surface area contributed by atoms with Crippen molar-refractivity contribution in [3.05, 3.63) is 66.2 Å². The highest BCUT2D eigenvalue weighted by molar-refractivity contribution is 5.89. The fourth-order valence-electron chi connectivity index (χ4n) is 1.87. The first-order valence-corrected chi connectivity index (χ1v) is 6.30. The summed E-state index contributed by atoms with van der Waals surface area (Å²) in [7, 11) is 0. The summed E-state index contributed by atoms with van der Waals surface area (Å²) in [6.07, 6.45) is 3.26. The van der Waals surface area contributed by atoms with Crippen molar-refractivity contribution in [3.8, 4) is 11.1 Å². The normalized spacial score (nSPS) is 10.6. The van der Waals surface area contributed by atoms with Gasteiger partial charge in [0.05, 0.1) is 6.61 Å². The van der Waals surface area contributed by atoms with Gasteiger partial charge in [-0.15, -0.1) is 0 Å². The van der Waals surface area contributed by atoms with Crippen LogP contribution in [0.2, 0.25) is 0 Å². The molecule has 0 saturated heterocycles. The second-order valence-electron chi connectivity index (χ2n) is 4.04. The zero-order valence-electron chi connectivity index (χ0n) is 10.9. The predicted molar refractivity (Wildman–Crippen MR) is 77.5 cm³/mol. The Labute approximate surface area is 113 Å². The summed E-state index contributed by atoms with van der Waals surface area (Å²) in [6, 6.07) is 18.1. The Morgan fingerprint density at radius 2 is 1.74 bits per heavy atom. The highest BCUT2D eigenvalue weighted by atomic mass is 16.5. The number of carbonyl (C=O) groups is 1. The van der Waals surface area contributed by atoms with Crippen molar-refractivity contribution in [2.75, 3.05) is 6.61 Å². The van der Waals surface area contributed by atoms with Gasteiger partial charge in [0.15, 0.2) is 0 Å². The van der Waals surface area contributed by atoms with Crippen molar-refractivity contribution < 1.29 is 9.53 Å². The third kappa shape index (κ3) is 3.55. The summed E-state index contributed by atoms with van der Waals surface area (Å²) >= 11 is 0. The van der Waals surface area contributed by atoms with Crippen molar-refractivity contribution in [2.45, 2.75) is 6.92 Å². The molecule has 2 rings (SSSR count). The Bertz CT molecular complexity index is 571. The van der Waals surface area contributed by atoms with E-state index < -0.39 is 0 Å². The molecule has 19 heavy (non-hydrogen) atoms. The number of hydrogen-bond acceptors (Lipinski definition) is 2. The standard InChI is InChI=1S/C17H16O2/c1-2-19-17(18)13-12-15-10-6-7-11-16(15)14-8-4-3-5-9-14/h3-13H,2H2,1H3. The molecule has 2 nitrogen and oxygen atoms in total. The molecule has 2 heteroatoms. The first kappa shape index (κ1) is 13.1. The fraction of sp³-hybridized carbons (Fsp3) is 0.118. The number of carbonyl (C=O) groups excluding carboxylic acids is 1. The van der Waals surface area contributed by atoms with Crippen LogP contribution in [0.15, 0.2) is 60.7 Å². The van der Waals surface area contributed by atoms with Crippen LogP contribution in [0.4, 0.5) is 0 Å². The van der Waals surface area contributed by atoms with Crippen molar-refractivity contribution >= 4 is 12.0 Å². The molecule has 96 valence electrons. The lowest BCUT2D eigenvalue weighted by Crippen LogP contribution is -1.98. The molecule has 0 aliphatic carbocycles. The van der Waals surface area contributed by atoms with Crippen molar-refractivity contribution in [2.24, 2.45) is 0 Å². The highest BCUT2D eigenvalue weighted by Gasteiger charge is 2.02. The lowest BCUT2D eigenvalue weighted by atomic mass is 9.99. The molecule has 2 aromatic rings. The van der Waals surface area contributed by atoms with E-state index in [1.807, 2.05) is 42.5 Å². The minimum Gasteiger partial charge on any atom is -0.463 e. The zero-order valence-corrected chi connectivity index (χ0v) is 10.9. The second-order valence-corrected chi connectivity index (χ2v) is 4.04. The summed E-state index contributed by atoms with van der Waals surface area (Å²) in [6.45, 7) is 2.19. The summed E-state index contributed by atoms with van der Waals surface area (Å²) in [5.41, 5.74) is 3.23. The van der Waals surface area contributed by atoms with Gasteiger partial charge in [-0.1, -0.05) is 54.6 Å². The van der Waals surface area contributed by atoms with Gasteiger partial charge < -0.3 is 4.74 Å². The summed E-state index contributed by atoms with van der Waals surface area (Å²) in [5, 5.41) is 0. The third-order valence-electron chi connectivity index (χ3n) is 2.73. The van der Waals surface area contributed by atoms with E-state index in [-0.39, 0.29) is 5.97 Å². The minimum absolute atomic E-state index is 0.314. The molecule has 0 atom stereocenters. The van der Waals surface area contributed by atoms with E-state index in [4.69, 9.17) is 4.74 Å². The molecule has 0 bridgehead atoms. The van der Waals surface area contributed by atoms with Gasteiger partial charge in [0.1, 0.15) is 0 Å². The molecule has 0 aliphatic heterocycles. The Balaban J connectivity index is 2.30. The van der Waals surface area contributed by atoms with Crippen LogP contribution in [0.5, 0.6) is 0 Å². The number of esters is 1. The van der Waals surface area contributed by atoms with Gasteiger partial charge in [-0.25, -0.2) is 4.79 Å². The van der Waals surface area contributed by atoms with Crippen LogP contribution in [0, 0.1) is 0 Å². The van der Waals surface area contributed by atoms with E-state index in [9.17, 15) is 4.79 Å². The highest BCUT2D eigenvalue weighted by Crippen LogP contribution is 2.24. The van der Waals surface area contributed by atoms with Crippen molar-refractivity contribution in [1.82, 2.24) is 0 Å². The summed E-state index contributed by atoms with van der Waals surface area (Å²) in [4.78, 5) is 11.4. The number of rotatable bonds is 4. The van der Waals surface area contributed by atoms with E-state index >= 15 is 0 Å². The zero-order chi connectivity index (χ0) is 13.5. The van der Waals surface area contributed by atoms with Gasteiger partial charge in [0.2, 0.25) is 0 Å². The lowest BCUT2D eigenvalue weighted by molar-refractivity contribution is -0.137. The molecule has 0 saturated carbocycles. The van der Waals surface area contributed by atoms with Gasteiger partial charge in [-0.3, -0.25) is 0 Å². The number of hydrogen-bond donors (Lipinski definition) is 0. The summed E-state index contributed by atoms with van der Waals surface area (Å²) in [5.74, 6) is -0.314. The lowest BCUT2D eigenvalue weighted by Gasteiger charge is -2.05. The Morgan fingerprint density at radius 1 is 1.05 bits per heavy atom. The second kappa shape index (κ2) is 6.55. The van der Waals surface area contributed by atoms with Crippen LogP contribution < -0.4 is 0 Å². The van der Waals surface area contributed by atoms with Crippen LogP contribution in [0.25, 0.3) is 17.2 Å². The molecule has 0 heterocycles. The van der Waals surface area contributed by atoms with Gasteiger partial charge in [0, 0.05) is 6.08 Å². The van der Waals surface area contributed by atoms with Crippen molar-refractivity contribution in [1.29, 1.82) is 0 Å². The van der Waals surface area contributed by atoms with Gasteiger partial charge in [-0.2, -0.15) is 0 Å². The van der Waals surface area contributed by atoms with Gasteiger partial charge in [-0.05, 0) is 29.7 Å². The molecule has 0 aromatic heterocycles. The molecule has 0 amide bonds. The van der Waals surface area contributed by atoms with Gasteiger partial charge >= 0.3 is 5.97 Å². The molecule has 0 aliphatic rings. The quantitative estimate of drug-likeness (QED) is 0.608. The Hall–Kier alpha value is -2.35. The molecule has 0 N–H and O–H groups in total. The molecule has 0 unspecified atom stereocenters. The molecule has 2 aromatic carbocycles. The summed E-state index contributed by atoms with van der Waals surface area (Å²) < 4.78 is 4.88. The third-order valence-corrected chi connectivity index (χ3v) is 2.73. The monoisotopic (exact) mass is 252 g/mol. The fourth-order valence-corrected chi connectivity index (χ4v) is 1.87. The SMILES string of the molecule is CCOC(=O)C=Cc1ccccc1-c1ccccc1. The smallest absolute Gasteiger partial charge is 0.330 e. The van der Waals surface area contributed by atoms with E-state index in [0.717, 1.165) is 16.7 Å². The topological polar surface area (TPSA) is 26.3 Å². The predicted octanol–water partition coefficient (Wildman–Crippen LogP) is 3.93. The first-order valence-electron chi connectivity index (χ1n) is 6.30. The number of ether oxygens (including phenoxy) is 1. The number of benzene rings is 2. The molecular weight excluding hydrogens is 236 g/mol. The minimum atomic E-state index is -0.314. The van der Waals surface area contributed by atoms with Crippen LogP contribution in [-0.4, -0.2) is 12.6 Å². The van der Waals surface area contributed by atoms with Crippen molar-refractivity contribution in [3.63, 3.8) is 0 Å². The Morgan fingerprint density at radius 3 is 2.47 bits per heavy atom. The maximum atomic E-state index is 11.4. The van der Waals surface area contributed by atoms with E-state index in [1.165, 1.54) is 6.08 Å². The maximum absolute atomic E-state index is 11.4. The molecule has 0 spiro atoms. The van der Waals surface area contributed by atoms with E-state index in [1.54, 1.807) is 13.0 Å². The van der Waals surface area contributed by atoms with E-state index in [2.05, 4.69) is 12.1 Å². The van der Waals surface area contributed by atoms with Crippen LogP contribution >= 0.6 is 0 Å². The van der Waals surface area contributed by atoms with E-state index in [0.29, 0.717) is 6.61 Å². The average molecular weight is 252 g/mol. The average Bonchev–Trinajstić information content (AvgIpc) is 2.47. The first-order chi connectivity index (χ1) is 9.31. The van der Waals surface area contributed by atoms with Gasteiger partial charge in [0.25, 0.3) is 0 Å². The molecular formula is C17H16O2. The van der Waals surface area contributed by atoms with Crippen LogP contribution in [0.3, 0.4) is 0 Å². The maximum Gasteiger partial charge on any atom is 0.330 e. The largest absolute Gasteiger partial charge is 0.463 e. The van der Waals surface area contributed by atoms with Crippen LogP contribution in [0.1, 0.15) is 12.5 Å². The molecule has 0 radical (unpaired) electrons. The Kier molecular flexibility index (Phi) is 4.51.